The van der Waals surface area contributed by atoms with E-state index in [9.17, 15) is 13.2 Å². The fourth-order valence-electron chi connectivity index (χ4n) is 1.47. The first-order valence-corrected chi connectivity index (χ1v) is 6.20. The van der Waals surface area contributed by atoms with Gasteiger partial charge in [-0.3, -0.25) is 0 Å². The summed E-state index contributed by atoms with van der Waals surface area (Å²) in [5, 5.41) is 2.95. The van der Waals surface area contributed by atoms with Gasteiger partial charge in [-0.15, -0.1) is 0 Å². The molecule has 0 saturated heterocycles. The van der Waals surface area contributed by atoms with Gasteiger partial charge in [0.1, 0.15) is 5.82 Å². The lowest BCUT2D eigenvalue weighted by Gasteiger charge is -2.10. The van der Waals surface area contributed by atoms with Crippen molar-refractivity contribution < 1.29 is 13.2 Å². The third kappa shape index (κ3) is 4.95. The van der Waals surface area contributed by atoms with E-state index < -0.39 is 11.7 Å². The van der Waals surface area contributed by atoms with Crippen molar-refractivity contribution in [1.29, 1.82) is 0 Å². The van der Waals surface area contributed by atoms with Crippen LogP contribution in [0.1, 0.15) is 18.1 Å². The molecular weight excluding hydrogens is 277 g/mol. The Labute approximate surface area is 122 Å². The zero-order chi connectivity index (χ0) is 16.0. The first-order valence-electron chi connectivity index (χ1n) is 6.20. The Kier molecular flexibility index (Phi) is 5.52. The van der Waals surface area contributed by atoms with Gasteiger partial charge in [0, 0.05) is 11.3 Å². The molecule has 0 aliphatic heterocycles. The van der Waals surface area contributed by atoms with Gasteiger partial charge >= 0.3 is 6.18 Å². The summed E-state index contributed by atoms with van der Waals surface area (Å²) in [6, 6.07) is 5.62. The van der Waals surface area contributed by atoms with Crippen LogP contribution in [-0.2, 0) is 0 Å². The van der Waals surface area contributed by atoms with E-state index >= 15 is 0 Å². The molecule has 0 fully saturated rings. The number of nitrogens with one attached hydrogen (secondary N) is 1. The van der Waals surface area contributed by atoms with Crippen LogP contribution in [0.5, 0.6) is 0 Å². The second kappa shape index (κ2) is 6.92. The van der Waals surface area contributed by atoms with Gasteiger partial charge < -0.3 is 5.32 Å². The highest BCUT2D eigenvalue weighted by Gasteiger charge is 2.29. The van der Waals surface area contributed by atoms with Crippen molar-refractivity contribution >= 4 is 18.5 Å². The van der Waals surface area contributed by atoms with E-state index in [1.54, 1.807) is 6.08 Å². The van der Waals surface area contributed by atoms with E-state index in [4.69, 9.17) is 0 Å². The summed E-state index contributed by atoms with van der Waals surface area (Å²) in [5.41, 5.74) is 1.87. The lowest BCUT2D eigenvalue weighted by atomic mass is 10.1. The molecule has 0 radical (unpaired) electrons. The third-order valence-electron chi connectivity index (χ3n) is 2.87. The number of anilines is 1. The summed E-state index contributed by atoms with van der Waals surface area (Å²) in [4.78, 5) is 3.70. The molecule has 0 heterocycles. The predicted octanol–water partition coefficient (Wildman–Crippen LogP) is 5.10. The van der Waals surface area contributed by atoms with Crippen molar-refractivity contribution in [2.45, 2.75) is 20.0 Å². The largest absolute Gasteiger partial charge is 0.412 e. The molecule has 21 heavy (non-hydrogen) atoms. The highest BCUT2D eigenvalue weighted by atomic mass is 19.4. The van der Waals surface area contributed by atoms with Crippen molar-refractivity contribution in [3.63, 3.8) is 0 Å². The highest BCUT2D eigenvalue weighted by Crippen LogP contribution is 2.25. The zero-order valence-electron chi connectivity index (χ0n) is 12.0. The Hall–Kier alpha value is -2.30. The number of hydrogen-bond donors (Lipinski definition) is 1. The number of nitrogens with zero attached hydrogens (tertiary/aromatic N) is 1. The third-order valence-corrected chi connectivity index (χ3v) is 2.87. The molecule has 1 rings (SSSR count). The predicted molar refractivity (Wildman–Crippen MR) is 82.3 cm³/mol. The quantitative estimate of drug-likeness (QED) is 0.593. The lowest BCUT2D eigenvalue weighted by Crippen LogP contribution is -2.08. The fraction of sp³-hybridized carbons (Fsp3) is 0.188. The maximum Gasteiger partial charge on any atom is 0.412 e. The Bertz CT molecular complexity index is 596. The summed E-state index contributed by atoms with van der Waals surface area (Å²) < 4.78 is 37.3. The van der Waals surface area contributed by atoms with Crippen LogP contribution in [0, 0.1) is 6.92 Å². The Morgan fingerprint density at radius 1 is 1.29 bits per heavy atom. The topological polar surface area (TPSA) is 24.4 Å². The van der Waals surface area contributed by atoms with Gasteiger partial charge in [0.05, 0.1) is 0 Å². The van der Waals surface area contributed by atoms with Gasteiger partial charge in [-0.2, -0.15) is 13.2 Å². The molecule has 0 unspecified atom stereocenters. The van der Waals surface area contributed by atoms with E-state index in [1.807, 2.05) is 25.1 Å². The van der Waals surface area contributed by atoms with Gasteiger partial charge in [0.2, 0.25) is 0 Å². The van der Waals surface area contributed by atoms with Crippen molar-refractivity contribution in [3.8, 4) is 0 Å². The van der Waals surface area contributed by atoms with Crippen LogP contribution in [-0.4, -0.2) is 12.9 Å². The number of alkyl halides is 3. The first kappa shape index (κ1) is 16.8. The Morgan fingerprint density at radius 2 is 1.95 bits per heavy atom. The van der Waals surface area contributed by atoms with Crippen LogP contribution >= 0.6 is 0 Å². The monoisotopic (exact) mass is 294 g/mol. The minimum atomic E-state index is -4.35. The second-order valence-electron chi connectivity index (χ2n) is 4.46. The van der Waals surface area contributed by atoms with Crippen molar-refractivity contribution in [3.05, 3.63) is 59.5 Å². The van der Waals surface area contributed by atoms with Crippen molar-refractivity contribution in [1.82, 2.24) is 0 Å². The number of allylic oxidation sites excluding steroid dienone is 3. The van der Waals surface area contributed by atoms with Crippen molar-refractivity contribution in [2.75, 3.05) is 5.32 Å². The van der Waals surface area contributed by atoms with Crippen LogP contribution in [0.3, 0.4) is 0 Å². The van der Waals surface area contributed by atoms with Crippen LogP contribution in [0.15, 0.2) is 53.3 Å². The summed E-state index contributed by atoms with van der Waals surface area (Å²) >= 11 is 0. The number of aryl methyl sites for hydroxylation is 1. The molecule has 0 saturated carbocycles. The standard InChI is InChI=1S/C16H17F3N2/c1-5-13-8-6-11(2)14(10-13)21-15(20-4)9-7-12(3)16(17,18)19/h5-10,21H,1,4H2,2-3H3/b12-7+,15-9+. The number of aliphatic imine (C=N–C) groups is 1. The smallest absolute Gasteiger partial charge is 0.340 e. The minimum absolute atomic E-state index is 0.239. The number of benzene rings is 1. The van der Waals surface area contributed by atoms with Crippen LogP contribution < -0.4 is 5.32 Å². The van der Waals surface area contributed by atoms with E-state index in [0.29, 0.717) is 0 Å². The molecule has 0 spiro atoms. The van der Waals surface area contributed by atoms with E-state index in [-0.39, 0.29) is 5.82 Å². The van der Waals surface area contributed by atoms with Crippen LogP contribution in [0.2, 0.25) is 0 Å². The average molecular weight is 294 g/mol. The van der Waals surface area contributed by atoms with Gasteiger partial charge in [-0.05, 0) is 43.8 Å². The van der Waals surface area contributed by atoms with Gasteiger partial charge in [0.15, 0.2) is 0 Å². The Balaban J connectivity index is 3.03. The maximum absolute atomic E-state index is 12.4. The summed E-state index contributed by atoms with van der Waals surface area (Å²) in [7, 11) is 0. The summed E-state index contributed by atoms with van der Waals surface area (Å²) in [6.45, 7) is 9.92. The molecular formula is C16H17F3N2. The molecule has 1 aromatic rings. The lowest BCUT2D eigenvalue weighted by molar-refractivity contribution is -0.0912. The average Bonchev–Trinajstić information content (AvgIpc) is 2.43. The fourth-order valence-corrected chi connectivity index (χ4v) is 1.47. The molecule has 0 atom stereocenters. The van der Waals surface area contributed by atoms with Gasteiger partial charge in [-0.25, -0.2) is 4.99 Å². The SMILES string of the molecule is C=Cc1ccc(C)c(N/C(=C/C=C(\C)C(F)(F)F)N=C)c1. The molecule has 2 nitrogen and oxygen atoms in total. The summed E-state index contributed by atoms with van der Waals surface area (Å²) in [5.74, 6) is 0.239. The zero-order valence-corrected chi connectivity index (χ0v) is 12.0. The highest BCUT2D eigenvalue weighted by molar-refractivity contribution is 5.62. The van der Waals surface area contributed by atoms with Gasteiger partial charge in [-0.1, -0.05) is 30.9 Å². The van der Waals surface area contributed by atoms with Gasteiger partial charge in [0.25, 0.3) is 0 Å². The van der Waals surface area contributed by atoms with E-state index in [0.717, 1.165) is 29.8 Å². The van der Waals surface area contributed by atoms with Crippen LogP contribution in [0.4, 0.5) is 18.9 Å². The number of hydrogen-bond acceptors (Lipinski definition) is 2. The molecule has 0 amide bonds. The molecule has 1 N–H and O–H groups in total. The first-order chi connectivity index (χ1) is 9.77. The molecule has 0 bridgehead atoms. The molecule has 0 aliphatic carbocycles. The Morgan fingerprint density at radius 3 is 2.48 bits per heavy atom. The number of halogens is 3. The molecule has 112 valence electrons. The summed E-state index contributed by atoms with van der Waals surface area (Å²) in [6.07, 6.45) is -0.454. The minimum Gasteiger partial charge on any atom is -0.340 e. The second-order valence-corrected chi connectivity index (χ2v) is 4.46. The number of rotatable bonds is 5. The van der Waals surface area contributed by atoms with Crippen LogP contribution in [0.25, 0.3) is 6.08 Å². The molecule has 5 heteroatoms. The molecule has 0 aromatic heterocycles. The maximum atomic E-state index is 12.4. The molecule has 0 aliphatic rings. The van der Waals surface area contributed by atoms with E-state index in [1.165, 1.54) is 6.08 Å². The normalized spacial score (nSPS) is 13.0. The van der Waals surface area contributed by atoms with E-state index in [2.05, 4.69) is 23.6 Å². The molecule has 1 aromatic carbocycles. The van der Waals surface area contributed by atoms with Crippen molar-refractivity contribution in [2.24, 2.45) is 4.99 Å².